The fourth-order valence-corrected chi connectivity index (χ4v) is 2.07. The van der Waals surface area contributed by atoms with Crippen LogP contribution in [0, 0.1) is 5.92 Å². The van der Waals surface area contributed by atoms with Crippen LogP contribution in [0.15, 0.2) is 18.2 Å². The van der Waals surface area contributed by atoms with Crippen LogP contribution in [0.2, 0.25) is 0 Å². The Morgan fingerprint density at radius 3 is 2.75 bits per heavy atom. The number of benzene rings is 1. The van der Waals surface area contributed by atoms with Crippen LogP contribution in [0.4, 0.5) is 5.69 Å². The van der Waals surface area contributed by atoms with E-state index in [1.165, 1.54) is 0 Å². The van der Waals surface area contributed by atoms with E-state index >= 15 is 0 Å². The lowest BCUT2D eigenvalue weighted by molar-refractivity contribution is 0.0696. The fraction of sp³-hybridized carbons (Fsp3) is 0.417. The van der Waals surface area contributed by atoms with Crippen molar-refractivity contribution in [3.05, 3.63) is 29.3 Å². The predicted molar refractivity (Wildman–Crippen MR) is 62.6 cm³/mol. The van der Waals surface area contributed by atoms with Crippen LogP contribution >= 0.6 is 0 Å². The summed E-state index contributed by atoms with van der Waals surface area (Å²) in [5.41, 5.74) is 8.25. The van der Waals surface area contributed by atoms with Crippen LogP contribution < -0.4 is 11.1 Å². The fourth-order valence-electron chi connectivity index (χ4n) is 2.07. The van der Waals surface area contributed by atoms with Crippen LogP contribution in [-0.2, 0) is 0 Å². The first-order chi connectivity index (χ1) is 7.50. The van der Waals surface area contributed by atoms with Gasteiger partial charge in [-0.3, -0.25) is 0 Å². The average molecular weight is 220 g/mol. The van der Waals surface area contributed by atoms with Crippen molar-refractivity contribution in [2.45, 2.75) is 25.9 Å². The zero-order chi connectivity index (χ0) is 11.9. The van der Waals surface area contributed by atoms with Crippen molar-refractivity contribution < 1.29 is 9.90 Å². The molecule has 0 spiro atoms. The second-order valence-corrected chi connectivity index (χ2v) is 4.43. The van der Waals surface area contributed by atoms with E-state index in [0.29, 0.717) is 6.04 Å². The van der Waals surface area contributed by atoms with E-state index in [0.717, 1.165) is 11.3 Å². The Bertz CT molecular complexity index is 431. The lowest BCUT2D eigenvalue weighted by Crippen LogP contribution is -2.37. The predicted octanol–water partition coefficient (Wildman–Crippen LogP) is 1.83. The summed E-state index contributed by atoms with van der Waals surface area (Å²) in [7, 11) is 0. The molecule has 4 heteroatoms. The second-order valence-electron chi connectivity index (χ2n) is 4.43. The topological polar surface area (TPSA) is 75.3 Å². The number of fused-ring (bicyclic) bond motifs is 1. The van der Waals surface area contributed by atoms with Crippen molar-refractivity contribution in [1.29, 1.82) is 0 Å². The SMILES string of the molecule is CC1Nc2ccc(C(=O)O)cc2C(N)C1C. The highest BCUT2D eigenvalue weighted by molar-refractivity contribution is 5.88. The largest absolute Gasteiger partial charge is 0.478 e. The number of hydrogen-bond acceptors (Lipinski definition) is 3. The Hall–Kier alpha value is -1.55. The molecule has 0 radical (unpaired) electrons. The summed E-state index contributed by atoms with van der Waals surface area (Å²) < 4.78 is 0. The van der Waals surface area contributed by atoms with Gasteiger partial charge in [0.05, 0.1) is 5.56 Å². The minimum atomic E-state index is -0.915. The van der Waals surface area contributed by atoms with Gasteiger partial charge in [0.25, 0.3) is 0 Å². The maximum absolute atomic E-state index is 10.9. The molecule has 1 aromatic carbocycles. The molecule has 3 atom stereocenters. The van der Waals surface area contributed by atoms with Gasteiger partial charge in [0.1, 0.15) is 0 Å². The van der Waals surface area contributed by atoms with Crippen molar-refractivity contribution >= 4 is 11.7 Å². The number of hydrogen-bond donors (Lipinski definition) is 3. The first kappa shape index (κ1) is 11.0. The Morgan fingerprint density at radius 2 is 2.12 bits per heavy atom. The molecule has 0 saturated carbocycles. The first-order valence-electron chi connectivity index (χ1n) is 5.40. The van der Waals surface area contributed by atoms with Gasteiger partial charge >= 0.3 is 5.97 Å². The van der Waals surface area contributed by atoms with Crippen LogP contribution in [0.25, 0.3) is 0 Å². The van der Waals surface area contributed by atoms with Crippen molar-refractivity contribution in [1.82, 2.24) is 0 Å². The number of aromatic carboxylic acids is 1. The standard InChI is InChI=1S/C12H16N2O2/c1-6-7(2)14-10-4-3-8(12(15)16)5-9(10)11(6)13/h3-7,11,14H,13H2,1-2H3,(H,15,16). The molecule has 0 aliphatic carbocycles. The maximum Gasteiger partial charge on any atom is 0.335 e. The van der Waals surface area contributed by atoms with E-state index in [4.69, 9.17) is 10.8 Å². The van der Waals surface area contributed by atoms with Gasteiger partial charge < -0.3 is 16.2 Å². The molecule has 1 heterocycles. The van der Waals surface area contributed by atoms with Crippen LogP contribution in [-0.4, -0.2) is 17.1 Å². The van der Waals surface area contributed by atoms with Crippen molar-refractivity contribution in [3.63, 3.8) is 0 Å². The molecule has 3 unspecified atom stereocenters. The van der Waals surface area contributed by atoms with Gasteiger partial charge in [-0.1, -0.05) is 6.92 Å². The highest BCUT2D eigenvalue weighted by Crippen LogP contribution is 2.35. The Balaban J connectivity index is 2.46. The molecule has 1 aromatic rings. The normalized spacial score (nSPS) is 28.1. The summed E-state index contributed by atoms with van der Waals surface area (Å²) in [6, 6.07) is 5.26. The van der Waals surface area contributed by atoms with E-state index in [1.54, 1.807) is 18.2 Å². The first-order valence-corrected chi connectivity index (χ1v) is 5.40. The average Bonchev–Trinajstić information content (AvgIpc) is 2.25. The van der Waals surface area contributed by atoms with Crippen molar-refractivity contribution in [3.8, 4) is 0 Å². The van der Waals surface area contributed by atoms with Crippen LogP contribution in [0.1, 0.15) is 35.8 Å². The molecule has 0 amide bonds. The molecule has 16 heavy (non-hydrogen) atoms. The number of carboxylic acids is 1. The zero-order valence-corrected chi connectivity index (χ0v) is 9.40. The van der Waals surface area contributed by atoms with Gasteiger partial charge in [-0.05, 0) is 36.6 Å². The van der Waals surface area contributed by atoms with Gasteiger partial charge in [0.2, 0.25) is 0 Å². The van der Waals surface area contributed by atoms with Gasteiger partial charge in [0.15, 0.2) is 0 Å². The summed E-state index contributed by atoms with van der Waals surface area (Å²) in [6.07, 6.45) is 0. The summed E-state index contributed by atoms with van der Waals surface area (Å²) in [6.45, 7) is 4.15. The van der Waals surface area contributed by atoms with Gasteiger partial charge in [0, 0.05) is 17.8 Å². The van der Waals surface area contributed by atoms with Gasteiger partial charge in [-0.2, -0.15) is 0 Å². The van der Waals surface area contributed by atoms with Crippen molar-refractivity contribution in [2.75, 3.05) is 5.32 Å². The van der Waals surface area contributed by atoms with E-state index in [2.05, 4.69) is 19.2 Å². The third-order valence-corrected chi connectivity index (χ3v) is 3.40. The number of anilines is 1. The molecule has 2 rings (SSSR count). The smallest absolute Gasteiger partial charge is 0.335 e. The summed E-state index contributed by atoms with van der Waals surface area (Å²) in [4.78, 5) is 10.9. The number of carbonyl (C=O) groups is 1. The molecule has 1 aliphatic heterocycles. The van der Waals surface area contributed by atoms with Crippen LogP contribution in [0.3, 0.4) is 0 Å². The highest BCUT2D eigenvalue weighted by atomic mass is 16.4. The number of carboxylic acid groups (broad SMARTS) is 1. The van der Waals surface area contributed by atoms with Crippen molar-refractivity contribution in [2.24, 2.45) is 11.7 Å². The summed E-state index contributed by atoms with van der Waals surface area (Å²) in [5.74, 6) is -0.627. The lowest BCUT2D eigenvalue weighted by atomic mass is 9.84. The summed E-state index contributed by atoms with van der Waals surface area (Å²) in [5, 5.41) is 12.3. The minimum absolute atomic E-state index is 0.106. The molecule has 86 valence electrons. The molecule has 0 fully saturated rings. The molecule has 4 nitrogen and oxygen atoms in total. The number of nitrogens with one attached hydrogen (secondary N) is 1. The third-order valence-electron chi connectivity index (χ3n) is 3.40. The zero-order valence-electron chi connectivity index (χ0n) is 9.40. The van der Waals surface area contributed by atoms with E-state index in [9.17, 15) is 4.79 Å². The third kappa shape index (κ3) is 1.65. The Labute approximate surface area is 94.5 Å². The van der Waals surface area contributed by atoms with E-state index < -0.39 is 5.97 Å². The molecule has 1 aliphatic rings. The monoisotopic (exact) mass is 220 g/mol. The summed E-state index contributed by atoms with van der Waals surface area (Å²) >= 11 is 0. The number of nitrogens with two attached hydrogens (primary N) is 1. The quantitative estimate of drug-likeness (QED) is 0.675. The maximum atomic E-state index is 10.9. The Morgan fingerprint density at radius 1 is 1.44 bits per heavy atom. The molecular formula is C12H16N2O2. The molecule has 0 aromatic heterocycles. The Kier molecular flexibility index (Phi) is 2.59. The second kappa shape index (κ2) is 3.79. The van der Waals surface area contributed by atoms with Gasteiger partial charge in [-0.25, -0.2) is 4.79 Å². The molecular weight excluding hydrogens is 204 g/mol. The minimum Gasteiger partial charge on any atom is -0.478 e. The van der Waals surface area contributed by atoms with Crippen LogP contribution in [0.5, 0.6) is 0 Å². The number of rotatable bonds is 1. The molecule has 4 N–H and O–H groups in total. The van der Waals surface area contributed by atoms with E-state index in [1.807, 2.05) is 0 Å². The lowest BCUT2D eigenvalue weighted by Gasteiger charge is -2.35. The molecule has 0 saturated heterocycles. The highest BCUT2D eigenvalue weighted by Gasteiger charge is 2.28. The van der Waals surface area contributed by atoms with Gasteiger partial charge in [-0.15, -0.1) is 0 Å². The molecule has 0 bridgehead atoms. The van der Waals surface area contributed by atoms with E-state index in [-0.39, 0.29) is 17.5 Å².